The highest BCUT2D eigenvalue weighted by molar-refractivity contribution is 5.79. The zero-order chi connectivity index (χ0) is 28.7. The second kappa shape index (κ2) is 13.0. The normalized spacial score (nSPS) is 13.9. The van der Waals surface area contributed by atoms with Gasteiger partial charge in [0, 0.05) is 36.1 Å². The van der Waals surface area contributed by atoms with Crippen molar-refractivity contribution in [3.8, 4) is 0 Å². The van der Waals surface area contributed by atoms with E-state index in [1.807, 2.05) is 51.1 Å². The summed E-state index contributed by atoms with van der Waals surface area (Å²) < 4.78 is 70.4. The summed E-state index contributed by atoms with van der Waals surface area (Å²) in [5.74, 6) is -2.62. The monoisotopic (exact) mass is 537 g/mol. The number of amides is 1. The van der Waals surface area contributed by atoms with Gasteiger partial charge in [0.2, 0.25) is 5.91 Å². The van der Waals surface area contributed by atoms with Crippen LogP contribution in [-0.4, -0.2) is 34.6 Å². The van der Waals surface area contributed by atoms with Gasteiger partial charge in [-0.1, -0.05) is 63.8 Å². The summed E-state index contributed by atoms with van der Waals surface area (Å²) in [6.45, 7) is 10.6. The molecule has 0 aliphatic rings. The SMILES string of the molecule is C=C(F)/C=C(\C(F)=C/C)c1cc([C@H](N(CCCN)C(=O)CC(F)(F)F)C(C)(C)C)n(Cc2ccccc2)c1. The lowest BCUT2D eigenvalue weighted by Gasteiger charge is -2.41. The molecule has 208 valence electrons. The maximum absolute atomic E-state index is 14.9. The van der Waals surface area contributed by atoms with Crippen LogP contribution in [0.5, 0.6) is 0 Å². The standard InChI is InChI=1S/C29H36F5N3O/c1-6-24(31)23(15-20(2)30)22-16-25(36(19-22)18-21-11-8-7-9-12-21)27(28(3,4)5)37(14-10-13-35)26(38)17-29(32,33)34/h6-9,11-12,15-16,19,27H,2,10,13-14,17-18,35H2,1,3-5H3/b23-15-,24-6+/t27-/m0/s1. The van der Waals surface area contributed by atoms with E-state index in [4.69, 9.17) is 5.73 Å². The molecular formula is C29H36F5N3O. The van der Waals surface area contributed by atoms with E-state index < -0.39 is 41.6 Å². The summed E-state index contributed by atoms with van der Waals surface area (Å²) in [6.07, 6.45) is -2.24. The van der Waals surface area contributed by atoms with E-state index in [9.17, 15) is 26.7 Å². The van der Waals surface area contributed by atoms with Crippen molar-refractivity contribution in [3.63, 3.8) is 0 Å². The summed E-state index contributed by atoms with van der Waals surface area (Å²) in [6, 6.07) is 10.1. The number of halogens is 5. The number of alkyl halides is 3. The fourth-order valence-corrected chi connectivity index (χ4v) is 4.43. The van der Waals surface area contributed by atoms with Gasteiger partial charge in [0.1, 0.15) is 18.1 Å². The van der Waals surface area contributed by atoms with Gasteiger partial charge < -0.3 is 15.2 Å². The number of carbonyl (C=O) groups excluding carboxylic acids is 1. The molecule has 0 aliphatic heterocycles. The molecule has 0 radical (unpaired) electrons. The van der Waals surface area contributed by atoms with Crippen molar-refractivity contribution < 1.29 is 26.7 Å². The molecule has 4 nitrogen and oxygen atoms in total. The first kappa shape index (κ1) is 31.0. The van der Waals surface area contributed by atoms with E-state index in [1.165, 1.54) is 17.9 Å². The Kier molecular flexibility index (Phi) is 10.6. The molecule has 1 amide bonds. The molecule has 1 aromatic heterocycles. The van der Waals surface area contributed by atoms with Crippen LogP contribution in [0.15, 0.2) is 73.0 Å². The predicted molar refractivity (Wildman–Crippen MR) is 141 cm³/mol. The minimum absolute atomic E-state index is 0.00636. The first-order chi connectivity index (χ1) is 17.7. The minimum atomic E-state index is -4.69. The molecule has 0 fully saturated rings. The third-order valence-corrected chi connectivity index (χ3v) is 5.94. The largest absolute Gasteiger partial charge is 0.397 e. The summed E-state index contributed by atoms with van der Waals surface area (Å²) in [5, 5.41) is 0. The highest BCUT2D eigenvalue weighted by Crippen LogP contribution is 2.42. The Labute approximate surface area is 221 Å². The Morgan fingerprint density at radius 2 is 1.79 bits per heavy atom. The van der Waals surface area contributed by atoms with Crippen LogP contribution < -0.4 is 5.73 Å². The molecule has 0 aliphatic carbocycles. The maximum Gasteiger partial charge on any atom is 0.397 e. The van der Waals surface area contributed by atoms with Crippen LogP contribution in [0.1, 0.15) is 63.4 Å². The molecular weight excluding hydrogens is 501 g/mol. The van der Waals surface area contributed by atoms with Crippen LogP contribution in [-0.2, 0) is 11.3 Å². The molecule has 9 heteroatoms. The van der Waals surface area contributed by atoms with Crippen molar-refractivity contribution in [1.82, 2.24) is 9.47 Å². The number of nitrogens with zero attached hydrogens (tertiary/aromatic N) is 2. The molecule has 0 saturated carbocycles. The van der Waals surface area contributed by atoms with Crippen LogP contribution >= 0.6 is 0 Å². The van der Waals surface area contributed by atoms with Crippen molar-refractivity contribution in [1.29, 1.82) is 0 Å². The molecule has 0 bridgehead atoms. The van der Waals surface area contributed by atoms with Crippen LogP contribution in [0.25, 0.3) is 5.57 Å². The van der Waals surface area contributed by atoms with Crippen molar-refractivity contribution in [2.45, 2.75) is 59.3 Å². The summed E-state index contributed by atoms with van der Waals surface area (Å²) in [4.78, 5) is 14.3. The first-order valence-electron chi connectivity index (χ1n) is 12.4. The number of aromatic nitrogens is 1. The second-order valence-corrected chi connectivity index (χ2v) is 10.2. The fourth-order valence-electron chi connectivity index (χ4n) is 4.43. The summed E-state index contributed by atoms with van der Waals surface area (Å²) >= 11 is 0. The van der Waals surface area contributed by atoms with Crippen LogP contribution in [0.4, 0.5) is 22.0 Å². The lowest BCUT2D eigenvalue weighted by molar-refractivity contribution is -0.165. The van der Waals surface area contributed by atoms with E-state index in [0.717, 1.165) is 11.6 Å². The van der Waals surface area contributed by atoms with Crippen molar-refractivity contribution in [2.24, 2.45) is 11.1 Å². The minimum Gasteiger partial charge on any atom is -0.344 e. The van der Waals surface area contributed by atoms with E-state index in [-0.39, 0.29) is 18.7 Å². The van der Waals surface area contributed by atoms with Crippen molar-refractivity contribution >= 4 is 11.5 Å². The number of allylic oxidation sites excluding steroid dienone is 5. The van der Waals surface area contributed by atoms with Gasteiger partial charge in [0.05, 0.1) is 6.04 Å². The molecule has 1 heterocycles. The van der Waals surface area contributed by atoms with Gasteiger partial charge in [0.15, 0.2) is 0 Å². The van der Waals surface area contributed by atoms with Gasteiger partial charge in [-0.25, -0.2) is 8.78 Å². The van der Waals surface area contributed by atoms with Gasteiger partial charge in [0.25, 0.3) is 0 Å². The van der Waals surface area contributed by atoms with Crippen molar-refractivity contribution in [2.75, 3.05) is 13.1 Å². The third-order valence-electron chi connectivity index (χ3n) is 5.94. The molecule has 2 aromatic rings. The van der Waals surface area contributed by atoms with E-state index in [2.05, 4.69) is 6.58 Å². The van der Waals surface area contributed by atoms with Crippen LogP contribution in [0.3, 0.4) is 0 Å². The molecule has 1 atom stereocenters. The number of nitrogens with two attached hydrogens (primary N) is 1. The van der Waals surface area contributed by atoms with Crippen molar-refractivity contribution in [3.05, 3.63) is 89.8 Å². The quantitative estimate of drug-likeness (QED) is 0.238. The predicted octanol–water partition coefficient (Wildman–Crippen LogP) is 7.49. The van der Waals surface area contributed by atoms with Gasteiger partial charge in [-0.2, -0.15) is 13.2 Å². The molecule has 2 N–H and O–H groups in total. The number of hydrogen-bond donors (Lipinski definition) is 1. The lowest BCUT2D eigenvalue weighted by Crippen LogP contribution is -2.44. The Morgan fingerprint density at radius 1 is 1.16 bits per heavy atom. The average Bonchev–Trinajstić information content (AvgIpc) is 3.20. The number of hydrogen-bond acceptors (Lipinski definition) is 2. The third kappa shape index (κ3) is 8.68. The molecule has 38 heavy (non-hydrogen) atoms. The smallest absolute Gasteiger partial charge is 0.344 e. The van der Waals surface area contributed by atoms with Gasteiger partial charge in [-0.3, -0.25) is 4.79 Å². The van der Waals surface area contributed by atoms with Gasteiger partial charge in [-0.15, -0.1) is 0 Å². The Morgan fingerprint density at radius 3 is 2.29 bits per heavy atom. The Hall–Kier alpha value is -3.20. The molecule has 1 aromatic carbocycles. The molecule has 0 unspecified atom stereocenters. The zero-order valence-corrected chi connectivity index (χ0v) is 22.3. The number of carbonyl (C=O) groups is 1. The number of benzene rings is 1. The molecule has 0 spiro atoms. The lowest BCUT2D eigenvalue weighted by atomic mass is 9.82. The molecule has 2 rings (SSSR count). The molecule has 0 saturated heterocycles. The maximum atomic E-state index is 14.9. The fraction of sp³-hybridized carbons (Fsp3) is 0.414. The topological polar surface area (TPSA) is 51.3 Å². The number of rotatable bonds is 11. The zero-order valence-electron chi connectivity index (χ0n) is 22.3. The van der Waals surface area contributed by atoms with Gasteiger partial charge in [-0.05, 0) is 43.0 Å². The van der Waals surface area contributed by atoms with E-state index >= 15 is 0 Å². The van der Waals surface area contributed by atoms with E-state index in [0.29, 0.717) is 24.2 Å². The first-order valence-corrected chi connectivity index (χ1v) is 12.4. The van der Waals surface area contributed by atoms with Gasteiger partial charge >= 0.3 is 6.18 Å². The Balaban J connectivity index is 2.81. The second-order valence-electron chi connectivity index (χ2n) is 10.2. The van der Waals surface area contributed by atoms with Crippen LogP contribution in [0.2, 0.25) is 0 Å². The van der Waals surface area contributed by atoms with E-state index in [1.54, 1.807) is 16.8 Å². The average molecular weight is 538 g/mol. The highest BCUT2D eigenvalue weighted by atomic mass is 19.4. The highest BCUT2D eigenvalue weighted by Gasteiger charge is 2.41. The summed E-state index contributed by atoms with van der Waals surface area (Å²) in [5.41, 5.74) is 6.55. The van der Waals surface area contributed by atoms with Crippen LogP contribution in [0, 0.1) is 5.41 Å². The Bertz CT molecular complexity index is 1160. The summed E-state index contributed by atoms with van der Waals surface area (Å²) in [7, 11) is 0.